The molecule has 1 aromatic heterocycles. The van der Waals surface area contributed by atoms with E-state index in [1.807, 2.05) is 54.3 Å². The van der Waals surface area contributed by atoms with Crippen LogP contribution in [0.5, 0.6) is 17.2 Å². The van der Waals surface area contributed by atoms with Crippen LogP contribution in [-0.2, 0) is 11.4 Å². The van der Waals surface area contributed by atoms with Gasteiger partial charge in [0.05, 0.1) is 25.0 Å². The summed E-state index contributed by atoms with van der Waals surface area (Å²) in [6.07, 6.45) is 2.76. The van der Waals surface area contributed by atoms with Crippen LogP contribution < -0.4 is 14.2 Å². The normalized spacial score (nSPS) is 17.4. The van der Waals surface area contributed by atoms with Crippen molar-refractivity contribution in [2.24, 2.45) is 0 Å². The standard InChI is InChI=1S/C25H27N3O5S/c1-17-5-2-6-19(13-17)32-15-23-26-27-25(33-23)34-16-24(29)28-10-3-7-20(28)18-8-9-21-22(14-18)31-12-4-11-30-21/h2,5-6,8-9,13-14,20H,3-4,7,10-12,15-16H2,1H3. The molecule has 3 heterocycles. The van der Waals surface area contributed by atoms with E-state index in [0.29, 0.717) is 24.3 Å². The van der Waals surface area contributed by atoms with Gasteiger partial charge in [-0.2, -0.15) is 0 Å². The van der Waals surface area contributed by atoms with Crippen molar-refractivity contribution in [1.29, 1.82) is 0 Å². The van der Waals surface area contributed by atoms with Crippen LogP contribution in [0.1, 0.15) is 42.3 Å². The first-order valence-corrected chi connectivity index (χ1v) is 12.5. The van der Waals surface area contributed by atoms with Crippen molar-refractivity contribution >= 4 is 17.7 Å². The molecule has 2 aliphatic heterocycles. The Balaban J connectivity index is 1.17. The zero-order valence-corrected chi connectivity index (χ0v) is 19.9. The molecule has 1 amide bonds. The van der Waals surface area contributed by atoms with Gasteiger partial charge in [0.1, 0.15) is 5.75 Å². The lowest BCUT2D eigenvalue weighted by atomic mass is 10.0. The van der Waals surface area contributed by atoms with Crippen LogP contribution >= 0.6 is 11.8 Å². The second kappa shape index (κ2) is 10.4. The number of rotatable bonds is 7. The number of fused-ring (bicyclic) bond motifs is 1. The van der Waals surface area contributed by atoms with Gasteiger partial charge in [-0.3, -0.25) is 4.79 Å². The number of thioether (sulfide) groups is 1. The number of amides is 1. The molecule has 1 saturated heterocycles. The van der Waals surface area contributed by atoms with E-state index in [0.717, 1.165) is 54.2 Å². The van der Waals surface area contributed by atoms with Crippen molar-refractivity contribution in [2.75, 3.05) is 25.5 Å². The number of carbonyl (C=O) groups excluding carboxylic acids is 1. The van der Waals surface area contributed by atoms with Gasteiger partial charge in [-0.15, -0.1) is 10.2 Å². The van der Waals surface area contributed by atoms with Gasteiger partial charge in [0.25, 0.3) is 11.1 Å². The monoisotopic (exact) mass is 481 g/mol. The van der Waals surface area contributed by atoms with Gasteiger partial charge < -0.3 is 23.5 Å². The van der Waals surface area contributed by atoms with Gasteiger partial charge in [-0.25, -0.2) is 0 Å². The third kappa shape index (κ3) is 5.30. The number of hydrogen-bond acceptors (Lipinski definition) is 8. The Morgan fingerprint density at radius 1 is 1.12 bits per heavy atom. The van der Waals surface area contributed by atoms with E-state index in [9.17, 15) is 4.79 Å². The summed E-state index contributed by atoms with van der Waals surface area (Å²) in [7, 11) is 0. The third-order valence-corrected chi connectivity index (χ3v) is 6.65. The summed E-state index contributed by atoms with van der Waals surface area (Å²) < 4.78 is 22.9. The van der Waals surface area contributed by atoms with Crippen molar-refractivity contribution in [2.45, 2.75) is 44.1 Å². The number of carbonyl (C=O) groups is 1. The minimum absolute atomic E-state index is 0.0335. The van der Waals surface area contributed by atoms with E-state index in [2.05, 4.69) is 10.2 Å². The molecule has 1 atom stereocenters. The van der Waals surface area contributed by atoms with Crippen LogP contribution in [0.2, 0.25) is 0 Å². The van der Waals surface area contributed by atoms with Crippen LogP contribution in [0, 0.1) is 6.92 Å². The first kappa shape index (κ1) is 22.6. The largest absolute Gasteiger partial charge is 0.490 e. The topological polar surface area (TPSA) is 86.9 Å². The van der Waals surface area contributed by atoms with E-state index in [-0.39, 0.29) is 24.3 Å². The van der Waals surface area contributed by atoms with Crippen molar-refractivity contribution in [3.05, 3.63) is 59.5 Å². The molecule has 178 valence electrons. The summed E-state index contributed by atoms with van der Waals surface area (Å²) in [5, 5.41) is 8.43. The van der Waals surface area contributed by atoms with Crippen LogP contribution in [0.3, 0.4) is 0 Å². The Bertz CT molecular complexity index is 1150. The highest BCUT2D eigenvalue weighted by Crippen LogP contribution is 2.38. The lowest BCUT2D eigenvalue weighted by Crippen LogP contribution is -2.32. The molecule has 0 spiro atoms. The highest BCUT2D eigenvalue weighted by molar-refractivity contribution is 7.99. The van der Waals surface area contributed by atoms with Crippen LogP contribution in [0.25, 0.3) is 0 Å². The first-order valence-electron chi connectivity index (χ1n) is 11.5. The molecule has 2 aliphatic rings. The Hall–Kier alpha value is -3.20. The average molecular weight is 482 g/mol. The minimum Gasteiger partial charge on any atom is -0.490 e. The van der Waals surface area contributed by atoms with Crippen LogP contribution in [0.15, 0.2) is 52.1 Å². The molecule has 1 fully saturated rings. The second-order valence-electron chi connectivity index (χ2n) is 8.36. The molecular formula is C25H27N3O5S. The van der Waals surface area contributed by atoms with Gasteiger partial charge in [-0.05, 0) is 55.2 Å². The predicted octanol–water partition coefficient (Wildman–Crippen LogP) is 4.57. The number of ether oxygens (including phenoxy) is 3. The predicted molar refractivity (Wildman–Crippen MR) is 126 cm³/mol. The maximum atomic E-state index is 13.0. The number of aryl methyl sites for hydroxylation is 1. The molecule has 34 heavy (non-hydrogen) atoms. The highest BCUT2D eigenvalue weighted by atomic mass is 32.2. The summed E-state index contributed by atoms with van der Waals surface area (Å²) >= 11 is 1.25. The summed E-state index contributed by atoms with van der Waals surface area (Å²) in [4.78, 5) is 15.0. The molecule has 0 aliphatic carbocycles. The molecular weight excluding hydrogens is 454 g/mol. The van der Waals surface area contributed by atoms with Gasteiger partial charge in [0.2, 0.25) is 5.91 Å². The maximum absolute atomic E-state index is 13.0. The Kier molecular flexibility index (Phi) is 6.89. The fraction of sp³-hybridized carbons (Fsp3) is 0.400. The smallest absolute Gasteiger partial charge is 0.277 e. The Morgan fingerprint density at radius 3 is 2.88 bits per heavy atom. The minimum atomic E-state index is 0.0335. The van der Waals surface area contributed by atoms with Gasteiger partial charge in [0.15, 0.2) is 18.1 Å². The van der Waals surface area contributed by atoms with Crippen LogP contribution in [-0.4, -0.2) is 46.5 Å². The summed E-state index contributed by atoms with van der Waals surface area (Å²) in [5.74, 6) is 2.94. The van der Waals surface area contributed by atoms with E-state index < -0.39 is 0 Å². The third-order valence-electron chi connectivity index (χ3n) is 5.85. The molecule has 3 aromatic rings. The summed E-state index contributed by atoms with van der Waals surface area (Å²) in [5.41, 5.74) is 2.19. The number of benzene rings is 2. The summed E-state index contributed by atoms with van der Waals surface area (Å²) in [6.45, 7) is 4.22. The second-order valence-corrected chi connectivity index (χ2v) is 9.28. The molecule has 5 rings (SSSR count). The number of hydrogen-bond donors (Lipinski definition) is 0. The lowest BCUT2D eigenvalue weighted by Gasteiger charge is -2.25. The Morgan fingerprint density at radius 2 is 2.00 bits per heavy atom. The van der Waals surface area contributed by atoms with E-state index in [4.69, 9.17) is 18.6 Å². The van der Waals surface area contributed by atoms with E-state index in [1.165, 1.54) is 11.8 Å². The molecule has 2 aromatic carbocycles. The molecule has 0 radical (unpaired) electrons. The maximum Gasteiger partial charge on any atom is 0.277 e. The van der Waals surface area contributed by atoms with Crippen molar-refractivity contribution in [3.63, 3.8) is 0 Å². The molecule has 0 N–H and O–H groups in total. The van der Waals surface area contributed by atoms with Crippen molar-refractivity contribution < 1.29 is 23.4 Å². The van der Waals surface area contributed by atoms with E-state index >= 15 is 0 Å². The number of aromatic nitrogens is 2. The molecule has 0 bridgehead atoms. The van der Waals surface area contributed by atoms with Gasteiger partial charge in [-0.1, -0.05) is 30.0 Å². The van der Waals surface area contributed by atoms with Gasteiger partial charge in [0, 0.05) is 13.0 Å². The molecule has 8 nitrogen and oxygen atoms in total. The highest BCUT2D eigenvalue weighted by Gasteiger charge is 2.31. The number of likely N-dealkylation sites (tertiary alicyclic amines) is 1. The SMILES string of the molecule is Cc1cccc(OCc2nnc(SCC(=O)N3CCCC3c3ccc4c(c3)OCCCO4)o2)c1. The fourth-order valence-electron chi connectivity index (χ4n) is 4.21. The van der Waals surface area contributed by atoms with Crippen molar-refractivity contribution in [1.82, 2.24) is 15.1 Å². The Labute approximate surface area is 202 Å². The van der Waals surface area contributed by atoms with E-state index in [1.54, 1.807) is 0 Å². The lowest BCUT2D eigenvalue weighted by molar-refractivity contribution is -0.129. The first-order chi connectivity index (χ1) is 16.7. The number of nitrogens with zero attached hydrogens (tertiary/aromatic N) is 3. The fourth-order valence-corrected chi connectivity index (χ4v) is 4.88. The molecule has 0 saturated carbocycles. The van der Waals surface area contributed by atoms with Crippen LogP contribution in [0.4, 0.5) is 0 Å². The average Bonchev–Trinajstić information content (AvgIpc) is 3.46. The van der Waals surface area contributed by atoms with Gasteiger partial charge >= 0.3 is 0 Å². The quantitative estimate of drug-likeness (QED) is 0.454. The summed E-state index contributed by atoms with van der Waals surface area (Å²) in [6, 6.07) is 13.8. The molecule has 1 unspecified atom stereocenters. The zero-order valence-electron chi connectivity index (χ0n) is 19.1. The zero-order chi connectivity index (χ0) is 23.3. The molecule has 9 heteroatoms. The van der Waals surface area contributed by atoms with Crippen molar-refractivity contribution in [3.8, 4) is 17.2 Å².